The first-order valence-corrected chi connectivity index (χ1v) is 7.15. The highest BCUT2D eigenvalue weighted by atomic mass is 35.5. The standard InChI is InChI=1S/C16H14Cl2O2/c1-20-12-4-2-10-6-7-16(19,13(10)9-12)11-3-5-14(17)15(18)8-11/h2-5,8-9,19H,6-7H2,1H3. The molecule has 0 heterocycles. The molecule has 4 heteroatoms. The first-order chi connectivity index (χ1) is 9.54. The van der Waals surface area contributed by atoms with E-state index in [4.69, 9.17) is 27.9 Å². The third-order valence-corrected chi connectivity index (χ3v) is 4.65. The third kappa shape index (κ3) is 2.08. The van der Waals surface area contributed by atoms with Gasteiger partial charge in [0.05, 0.1) is 17.2 Å². The second-order valence-corrected chi connectivity index (χ2v) is 5.83. The van der Waals surface area contributed by atoms with Crippen molar-refractivity contribution in [3.63, 3.8) is 0 Å². The first kappa shape index (κ1) is 13.7. The van der Waals surface area contributed by atoms with Gasteiger partial charge in [-0.25, -0.2) is 0 Å². The Labute approximate surface area is 127 Å². The van der Waals surface area contributed by atoms with Crippen LogP contribution < -0.4 is 4.74 Å². The number of methoxy groups -OCH3 is 1. The molecule has 1 atom stereocenters. The lowest BCUT2D eigenvalue weighted by Gasteiger charge is -2.25. The molecule has 2 aromatic carbocycles. The van der Waals surface area contributed by atoms with E-state index in [1.807, 2.05) is 24.3 Å². The van der Waals surface area contributed by atoms with Crippen molar-refractivity contribution in [1.29, 1.82) is 0 Å². The molecular weight excluding hydrogens is 295 g/mol. The third-order valence-electron chi connectivity index (χ3n) is 3.92. The van der Waals surface area contributed by atoms with E-state index in [9.17, 15) is 5.11 Å². The van der Waals surface area contributed by atoms with Gasteiger partial charge in [-0.05, 0) is 53.8 Å². The van der Waals surface area contributed by atoms with Crippen LogP contribution >= 0.6 is 23.2 Å². The highest BCUT2D eigenvalue weighted by Gasteiger charge is 2.38. The zero-order chi connectivity index (χ0) is 14.3. The Morgan fingerprint density at radius 2 is 1.90 bits per heavy atom. The number of benzene rings is 2. The van der Waals surface area contributed by atoms with Gasteiger partial charge in [-0.15, -0.1) is 0 Å². The van der Waals surface area contributed by atoms with E-state index in [0.29, 0.717) is 16.5 Å². The van der Waals surface area contributed by atoms with Crippen LogP contribution in [-0.2, 0) is 12.0 Å². The maximum absolute atomic E-state index is 11.1. The average Bonchev–Trinajstić information content (AvgIpc) is 2.80. The van der Waals surface area contributed by atoms with Gasteiger partial charge in [0.15, 0.2) is 0 Å². The minimum absolute atomic E-state index is 0.453. The molecular formula is C16H14Cl2O2. The van der Waals surface area contributed by atoms with Gasteiger partial charge in [-0.3, -0.25) is 0 Å². The summed E-state index contributed by atoms with van der Waals surface area (Å²) in [6.07, 6.45) is 1.46. The molecule has 0 aliphatic heterocycles. The van der Waals surface area contributed by atoms with Gasteiger partial charge < -0.3 is 9.84 Å². The summed E-state index contributed by atoms with van der Waals surface area (Å²) < 4.78 is 5.25. The molecule has 3 rings (SSSR count). The van der Waals surface area contributed by atoms with Crippen LogP contribution in [0, 0.1) is 0 Å². The molecule has 1 aliphatic carbocycles. The smallest absolute Gasteiger partial charge is 0.119 e. The molecule has 0 aromatic heterocycles. The molecule has 0 spiro atoms. The molecule has 0 fully saturated rings. The van der Waals surface area contributed by atoms with Gasteiger partial charge in [0.2, 0.25) is 0 Å². The predicted molar refractivity (Wildman–Crippen MR) is 80.8 cm³/mol. The van der Waals surface area contributed by atoms with Crippen LogP contribution in [0.4, 0.5) is 0 Å². The maximum Gasteiger partial charge on any atom is 0.119 e. The summed E-state index contributed by atoms with van der Waals surface area (Å²) in [6.45, 7) is 0. The van der Waals surface area contributed by atoms with E-state index in [1.165, 1.54) is 0 Å². The molecule has 1 unspecified atom stereocenters. The highest BCUT2D eigenvalue weighted by molar-refractivity contribution is 6.42. The van der Waals surface area contributed by atoms with E-state index in [0.717, 1.165) is 28.9 Å². The molecule has 2 nitrogen and oxygen atoms in total. The molecule has 0 saturated carbocycles. The quantitative estimate of drug-likeness (QED) is 0.901. The van der Waals surface area contributed by atoms with Gasteiger partial charge in [0, 0.05) is 0 Å². The van der Waals surface area contributed by atoms with Gasteiger partial charge in [0.25, 0.3) is 0 Å². The van der Waals surface area contributed by atoms with Crippen molar-refractivity contribution in [3.8, 4) is 5.75 Å². The summed E-state index contributed by atoms with van der Waals surface area (Å²) in [7, 11) is 1.62. The van der Waals surface area contributed by atoms with E-state index in [2.05, 4.69) is 0 Å². The number of fused-ring (bicyclic) bond motifs is 1. The maximum atomic E-state index is 11.1. The first-order valence-electron chi connectivity index (χ1n) is 6.40. The van der Waals surface area contributed by atoms with Crippen LogP contribution in [0.5, 0.6) is 5.75 Å². The lowest BCUT2D eigenvalue weighted by atomic mass is 9.88. The summed E-state index contributed by atoms with van der Waals surface area (Å²) in [5, 5.41) is 12.0. The number of aryl methyl sites for hydroxylation is 1. The van der Waals surface area contributed by atoms with Crippen LogP contribution in [0.25, 0.3) is 0 Å². The minimum atomic E-state index is -1.03. The summed E-state index contributed by atoms with van der Waals surface area (Å²) in [4.78, 5) is 0. The van der Waals surface area contributed by atoms with Crippen molar-refractivity contribution in [3.05, 3.63) is 63.1 Å². The molecule has 0 bridgehead atoms. The molecule has 1 aliphatic rings. The van der Waals surface area contributed by atoms with Crippen LogP contribution in [0.15, 0.2) is 36.4 Å². The zero-order valence-electron chi connectivity index (χ0n) is 11.0. The van der Waals surface area contributed by atoms with Crippen LogP contribution in [0.2, 0.25) is 10.0 Å². The van der Waals surface area contributed by atoms with Gasteiger partial charge in [-0.1, -0.05) is 35.3 Å². The van der Waals surface area contributed by atoms with Crippen LogP contribution in [-0.4, -0.2) is 12.2 Å². The molecule has 20 heavy (non-hydrogen) atoms. The number of aliphatic hydroxyl groups is 1. The largest absolute Gasteiger partial charge is 0.497 e. The van der Waals surface area contributed by atoms with Crippen molar-refractivity contribution in [2.45, 2.75) is 18.4 Å². The summed E-state index contributed by atoms with van der Waals surface area (Å²) in [5.74, 6) is 0.740. The second kappa shape index (κ2) is 4.96. The molecule has 0 amide bonds. The Balaban J connectivity index is 2.13. The fourth-order valence-electron chi connectivity index (χ4n) is 2.79. The summed E-state index contributed by atoms with van der Waals surface area (Å²) >= 11 is 12.0. The van der Waals surface area contributed by atoms with Crippen molar-refractivity contribution in [2.24, 2.45) is 0 Å². The summed E-state index contributed by atoms with van der Waals surface area (Å²) in [5.41, 5.74) is 1.76. The SMILES string of the molecule is COc1ccc2c(c1)C(O)(c1ccc(Cl)c(Cl)c1)CC2. The molecule has 2 aromatic rings. The Morgan fingerprint density at radius 1 is 1.10 bits per heavy atom. The van der Waals surface area contributed by atoms with Crippen molar-refractivity contribution in [2.75, 3.05) is 7.11 Å². The van der Waals surface area contributed by atoms with Gasteiger partial charge in [-0.2, -0.15) is 0 Å². The minimum Gasteiger partial charge on any atom is -0.497 e. The number of ether oxygens (including phenoxy) is 1. The van der Waals surface area contributed by atoms with Crippen molar-refractivity contribution in [1.82, 2.24) is 0 Å². The topological polar surface area (TPSA) is 29.5 Å². The van der Waals surface area contributed by atoms with E-state index in [-0.39, 0.29) is 0 Å². The number of rotatable bonds is 2. The number of hydrogen-bond donors (Lipinski definition) is 1. The number of hydrogen-bond acceptors (Lipinski definition) is 2. The van der Waals surface area contributed by atoms with Crippen molar-refractivity contribution < 1.29 is 9.84 Å². The fourth-order valence-corrected chi connectivity index (χ4v) is 3.09. The Morgan fingerprint density at radius 3 is 2.60 bits per heavy atom. The van der Waals surface area contributed by atoms with Gasteiger partial charge in [0.1, 0.15) is 11.4 Å². The average molecular weight is 309 g/mol. The Bertz CT molecular complexity index is 670. The number of halogens is 2. The van der Waals surface area contributed by atoms with E-state index < -0.39 is 5.60 Å². The second-order valence-electron chi connectivity index (χ2n) is 5.01. The molecule has 0 saturated heterocycles. The van der Waals surface area contributed by atoms with Crippen molar-refractivity contribution >= 4 is 23.2 Å². The van der Waals surface area contributed by atoms with Gasteiger partial charge >= 0.3 is 0 Å². The monoisotopic (exact) mass is 308 g/mol. The van der Waals surface area contributed by atoms with E-state index >= 15 is 0 Å². The lowest BCUT2D eigenvalue weighted by molar-refractivity contribution is 0.0827. The molecule has 1 N–H and O–H groups in total. The Kier molecular flexibility index (Phi) is 3.41. The normalized spacial score (nSPS) is 20.8. The van der Waals surface area contributed by atoms with Crippen LogP contribution in [0.3, 0.4) is 0 Å². The summed E-state index contributed by atoms with van der Waals surface area (Å²) in [6, 6.07) is 11.1. The lowest BCUT2D eigenvalue weighted by Crippen LogP contribution is -2.23. The fraction of sp³-hybridized carbons (Fsp3) is 0.250. The highest BCUT2D eigenvalue weighted by Crippen LogP contribution is 2.44. The predicted octanol–water partition coefficient (Wildman–Crippen LogP) is 4.18. The zero-order valence-corrected chi connectivity index (χ0v) is 12.5. The Hall–Kier alpha value is -1.22. The van der Waals surface area contributed by atoms with Crippen LogP contribution in [0.1, 0.15) is 23.1 Å². The molecule has 0 radical (unpaired) electrons. The molecule has 104 valence electrons. The van der Waals surface area contributed by atoms with E-state index in [1.54, 1.807) is 19.2 Å².